The van der Waals surface area contributed by atoms with Crippen molar-refractivity contribution in [3.05, 3.63) is 42.5 Å². The molecule has 0 saturated heterocycles. The quantitative estimate of drug-likeness (QED) is 0.885. The highest BCUT2D eigenvalue weighted by atomic mass is 16.1. The summed E-state index contributed by atoms with van der Waals surface area (Å²) >= 11 is 0. The van der Waals surface area contributed by atoms with E-state index in [0.717, 1.165) is 23.4 Å². The third-order valence-corrected chi connectivity index (χ3v) is 6.84. The van der Waals surface area contributed by atoms with E-state index in [1.807, 2.05) is 18.2 Å². The first-order valence-electron chi connectivity index (χ1n) is 9.80. The standard InChI is InChI=1S/C22H26N2O/c25-21(24-20-6-5-18-3-1-2-4-19(18)10-20)14-23-22-11-15-7-16(12-22)9-17(8-15)13-22/h1-6,10,15-17,23H,7-9,11-14H2,(H,24,25)/p+1. The van der Waals surface area contributed by atoms with E-state index in [4.69, 9.17) is 0 Å². The number of amides is 1. The van der Waals surface area contributed by atoms with Crippen LogP contribution in [-0.4, -0.2) is 18.0 Å². The van der Waals surface area contributed by atoms with Crippen molar-refractivity contribution in [3.63, 3.8) is 0 Å². The van der Waals surface area contributed by atoms with E-state index in [1.54, 1.807) is 0 Å². The zero-order valence-corrected chi connectivity index (χ0v) is 14.7. The van der Waals surface area contributed by atoms with E-state index in [9.17, 15) is 4.79 Å². The molecule has 25 heavy (non-hydrogen) atoms. The van der Waals surface area contributed by atoms with Crippen LogP contribution in [0.25, 0.3) is 10.8 Å². The van der Waals surface area contributed by atoms with Gasteiger partial charge >= 0.3 is 0 Å². The smallest absolute Gasteiger partial charge is 0.279 e. The molecule has 1 amide bonds. The van der Waals surface area contributed by atoms with Crippen molar-refractivity contribution in [2.75, 3.05) is 11.9 Å². The Morgan fingerprint density at radius 3 is 2.28 bits per heavy atom. The van der Waals surface area contributed by atoms with Crippen LogP contribution in [0.4, 0.5) is 5.69 Å². The molecule has 4 fully saturated rings. The summed E-state index contributed by atoms with van der Waals surface area (Å²) in [5.74, 6) is 2.94. The maximum atomic E-state index is 12.5. The summed E-state index contributed by atoms with van der Waals surface area (Å²) in [5, 5.41) is 7.86. The molecular weight excluding hydrogens is 308 g/mol. The predicted octanol–water partition coefficient (Wildman–Crippen LogP) is 3.31. The van der Waals surface area contributed by atoms with Crippen LogP contribution in [0, 0.1) is 17.8 Å². The average Bonchev–Trinajstić information content (AvgIpc) is 2.59. The molecule has 0 aliphatic heterocycles. The Morgan fingerprint density at radius 2 is 1.60 bits per heavy atom. The number of rotatable bonds is 4. The molecule has 0 unspecified atom stereocenters. The van der Waals surface area contributed by atoms with Gasteiger partial charge in [0.05, 0.1) is 5.54 Å². The first kappa shape index (κ1) is 15.4. The Balaban J connectivity index is 1.23. The molecule has 2 aromatic carbocycles. The van der Waals surface area contributed by atoms with Gasteiger partial charge in [-0.1, -0.05) is 30.3 Å². The molecule has 0 aromatic heterocycles. The zero-order chi connectivity index (χ0) is 16.9. The highest BCUT2D eigenvalue weighted by Gasteiger charge is 2.53. The molecule has 3 nitrogen and oxygen atoms in total. The minimum Gasteiger partial charge on any atom is -0.334 e. The van der Waals surface area contributed by atoms with Crippen molar-refractivity contribution in [3.8, 4) is 0 Å². The summed E-state index contributed by atoms with van der Waals surface area (Å²) in [6.45, 7) is 0.555. The molecule has 130 valence electrons. The lowest BCUT2D eigenvalue weighted by molar-refractivity contribution is -0.729. The van der Waals surface area contributed by atoms with Gasteiger partial charge in [0.2, 0.25) is 0 Å². The molecule has 0 spiro atoms. The number of hydrogen-bond acceptors (Lipinski definition) is 1. The van der Waals surface area contributed by atoms with Crippen LogP contribution in [0.5, 0.6) is 0 Å². The van der Waals surface area contributed by atoms with E-state index in [-0.39, 0.29) is 5.91 Å². The molecule has 4 aliphatic carbocycles. The fraction of sp³-hybridized carbons (Fsp3) is 0.500. The third kappa shape index (κ3) is 2.95. The Bertz CT molecular complexity index is 777. The lowest BCUT2D eigenvalue weighted by Crippen LogP contribution is -3.00. The molecule has 0 heterocycles. The fourth-order valence-electron chi connectivity index (χ4n) is 6.22. The van der Waals surface area contributed by atoms with Gasteiger partial charge in [0.15, 0.2) is 6.54 Å². The molecule has 0 radical (unpaired) electrons. The van der Waals surface area contributed by atoms with E-state index >= 15 is 0 Å². The lowest BCUT2D eigenvalue weighted by atomic mass is 9.53. The van der Waals surface area contributed by atoms with Crippen molar-refractivity contribution in [2.45, 2.75) is 44.1 Å². The van der Waals surface area contributed by atoms with Crippen LogP contribution in [0.15, 0.2) is 42.5 Å². The van der Waals surface area contributed by atoms with E-state index in [1.165, 1.54) is 49.3 Å². The highest BCUT2D eigenvalue weighted by Crippen LogP contribution is 2.54. The molecule has 4 saturated carbocycles. The number of nitrogens with two attached hydrogens (primary N) is 1. The number of fused-ring (bicyclic) bond motifs is 1. The SMILES string of the molecule is O=C(C[NH2+]C12CC3CC(CC(C3)C1)C2)Nc1ccc2ccccc2c1. The summed E-state index contributed by atoms with van der Waals surface area (Å²) in [4.78, 5) is 12.5. The minimum absolute atomic E-state index is 0.131. The largest absolute Gasteiger partial charge is 0.334 e. The number of carbonyl (C=O) groups excluding carboxylic acids is 1. The number of hydrogen-bond donors (Lipinski definition) is 2. The van der Waals surface area contributed by atoms with Crippen LogP contribution in [-0.2, 0) is 4.79 Å². The Hall–Kier alpha value is -1.87. The van der Waals surface area contributed by atoms with Crippen LogP contribution in [0.3, 0.4) is 0 Å². The molecule has 4 bridgehead atoms. The number of carbonyl (C=O) groups is 1. The van der Waals surface area contributed by atoms with Crippen molar-refractivity contribution < 1.29 is 10.1 Å². The minimum atomic E-state index is 0.131. The van der Waals surface area contributed by atoms with Crippen LogP contribution in [0.2, 0.25) is 0 Å². The first-order valence-corrected chi connectivity index (χ1v) is 9.80. The average molecular weight is 335 g/mol. The zero-order valence-electron chi connectivity index (χ0n) is 14.7. The second-order valence-electron chi connectivity index (χ2n) is 8.80. The molecular formula is C22H27N2O+. The number of nitrogens with one attached hydrogen (secondary N) is 1. The van der Waals surface area contributed by atoms with Crippen molar-refractivity contribution in [2.24, 2.45) is 17.8 Å². The summed E-state index contributed by atoms with van der Waals surface area (Å²) in [6.07, 6.45) is 8.37. The normalized spacial score (nSPS) is 32.9. The molecule has 6 rings (SSSR count). The van der Waals surface area contributed by atoms with E-state index in [2.05, 4.69) is 34.9 Å². The topological polar surface area (TPSA) is 45.7 Å². The van der Waals surface area contributed by atoms with Gasteiger partial charge in [-0.25, -0.2) is 0 Å². The molecule has 0 atom stereocenters. The maximum absolute atomic E-state index is 12.5. The Morgan fingerprint density at radius 1 is 0.960 bits per heavy atom. The van der Waals surface area contributed by atoms with Crippen molar-refractivity contribution >= 4 is 22.4 Å². The lowest BCUT2D eigenvalue weighted by Gasteiger charge is -2.54. The monoisotopic (exact) mass is 335 g/mol. The Labute approximate surface area is 149 Å². The van der Waals surface area contributed by atoms with Gasteiger partial charge in [0.25, 0.3) is 5.91 Å². The number of quaternary nitrogens is 1. The summed E-state index contributed by atoms with van der Waals surface area (Å²) in [6, 6.07) is 14.4. The summed E-state index contributed by atoms with van der Waals surface area (Å²) in [7, 11) is 0. The van der Waals surface area contributed by atoms with Gasteiger partial charge in [-0.05, 0) is 59.9 Å². The van der Waals surface area contributed by atoms with Gasteiger partial charge in [-0.3, -0.25) is 4.79 Å². The van der Waals surface area contributed by atoms with Crippen LogP contribution in [0.1, 0.15) is 38.5 Å². The van der Waals surface area contributed by atoms with Gasteiger partial charge < -0.3 is 10.6 Å². The predicted molar refractivity (Wildman–Crippen MR) is 100 cm³/mol. The second-order valence-corrected chi connectivity index (χ2v) is 8.80. The number of anilines is 1. The van der Waals surface area contributed by atoms with Gasteiger partial charge in [-0.2, -0.15) is 0 Å². The second kappa shape index (κ2) is 5.84. The van der Waals surface area contributed by atoms with Crippen LogP contribution < -0.4 is 10.6 Å². The van der Waals surface area contributed by atoms with E-state index in [0.29, 0.717) is 12.1 Å². The van der Waals surface area contributed by atoms with Crippen molar-refractivity contribution in [1.82, 2.24) is 0 Å². The summed E-state index contributed by atoms with van der Waals surface area (Å²) < 4.78 is 0. The summed E-state index contributed by atoms with van der Waals surface area (Å²) in [5.41, 5.74) is 1.28. The van der Waals surface area contributed by atoms with Gasteiger partial charge in [0, 0.05) is 24.9 Å². The maximum Gasteiger partial charge on any atom is 0.279 e. The molecule has 3 N–H and O–H groups in total. The van der Waals surface area contributed by atoms with Crippen LogP contribution >= 0.6 is 0 Å². The van der Waals surface area contributed by atoms with Gasteiger partial charge in [0.1, 0.15) is 0 Å². The first-order chi connectivity index (χ1) is 12.2. The van der Waals surface area contributed by atoms with E-state index < -0.39 is 0 Å². The molecule has 4 aliphatic rings. The number of benzene rings is 2. The highest BCUT2D eigenvalue weighted by molar-refractivity contribution is 5.94. The fourth-order valence-corrected chi connectivity index (χ4v) is 6.22. The molecule has 2 aromatic rings. The third-order valence-electron chi connectivity index (χ3n) is 6.84. The molecule has 3 heteroatoms. The van der Waals surface area contributed by atoms with Crippen molar-refractivity contribution in [1.29, 1.82) is 0 Å². The van der Waals surface area contributed by atoms with Gasteiger partial charge in [-0.15, -0.1) is 0 Å². The Kier molecular flexibility index (Phi) is 3.60.